The summed E-state index contributed by atoms with van der Waals surface area (Å²) in [5.74, 6) is 3.12. The minimum atomic E-state index is -0.147. The number of hydrogen-bond donors (Lipinski definition) is 0. The largest absolute Gasteiger partial charge is 0.469 e. The summed E-state index contributed by atoms with van der Waals surface area (Å²) in [5.41, 5.74) is 0.509. The summed E-state index contributed by atoms with van der Waals surface area (Å²) in [4.78, 5) is 19.5. The molecule has 4 rings (SSSR count). The maximum absolute atomic E-state index is 12.9. The number of carbonyl (C=O) groups excluding carboxylic acids is 1. The van der Waals surface area contributed by atoms with Gasteiger partial charge in [0.15, 0.2) is 5.82 Å². The lowest BCUT2D eigenvalue weighted by Gasteiger charge is -2.24. The summed E-state index contributed by atoms with van der Waals surface area (Å²) in [5, 5.41) is 4.32. The highest BCUT2D eigenvalue weighted by atomic mass is 16.5. The highest BCUT2D eigenvalue weighted by Crippen LogP contribution is 2.49. The number of aryl methyl sites for hydroxylation is 1. The lowest BCUT2D eigenvalue weighted by molar-refractivity contribution is 0.0775. The second-order valence-corrected chi connectivity index (χ2v) is 7.93. The molecule has 2 aromatic heterocycles. The Hall–Kier alpha value is -2.11. The van der Waals surface area contributed by atoms with E-state index >= 15 is 0 Å². The smallest absolute Gasteiger partial charge is 0.257 e. The summed E-state index contributed by atoms with van der Waals surface area (Å²) in [6.07, 6.45) is 5.66. The molecule has 1 saturated heterocycles. The first-order valence-electron chi connectivity index (χ1n) is 9.16. The van der Waals surface area contributed by atoms with E-state index in [-0.39, 0.29) is 11.3 Å². The van der Waals surface area contributed by atoms with Crippen molar-refractivity contribution in [3.63, 3.8) is 0 Å². The Kier molecular flexibility index (Phi) is 3.93. The molecule has 2 aromatic rings. The van der Waals surface area contributed by atoms with Crippen LogP contribution in [0.1, 0.15) is 60.9 Å². The minimum Gasteiger partial charge on any atom is -0.469 e. The van der Waals surface area contributed by atoms with Gasteiger partial charge in [-0.25, -0.2) is 0 Å². The fraction of sp³-hybridized carbons (Fsp3) is 0.632. The number of aromatic nitrogens is 2. The van der Waals surface area contributed by atoms with Crippen LogP contribution < -0.4 is 0 Å². The maximum atomic E-state index is 12.9. The van der Waals surface area contributed by atoms with Gasteiger partial charge in [0, 0.05) is 19.5 Å². The molecule has 25 heavy (non-hydrogen) atoms. The third-order valence-corrected chi connectivity index (χ3v) is 5.74. The maximum Gasteiger partial charge on any atom is 0.257 e. The van der Waals surface area contributed by atoms with E-state index in [0.717, 1.165) is 38.1 Å². The van der Waals surface area contributed by atoms with Crippen molar-refractivity contribution in [3.8, 4) is 0 Å². The standard InChI is InChI=1S/C19H25N3O3/c1-12(2)9-16-20-18(21-25-16)19-7-4-5-14(19)10-22(11-19)17(23)15-6-8-24-13(15)3/h6,8,12,14H,4-5,7,9-11H2,1-3H3/t14-,19-/m1/s1. The molecular formula is C19H25N3O3. The molecule has 1 saturated carbocycles. The van der Waals surface area contributed by atoms with Crippen LogP contribution in [-0.2, 0) is 11.8 Å². The van der Waals surface area contributed by atoms with Crippen molar-refractivity contribution in [1.29, 1.82) is 0 Å². The van der Waals surface area contributed by atoms with E-state index in [1.165, 1.54) is 0 Å². The summed E-state index contributed by atoms with van der Waals surface area (Å²) in [6, 6.07) is 1.76. The number of carbonyl (C=O) groups is 1. The van der Waals surface area contributed by atoms with E-state index in [0.29, 0.717) is 35.6 Å². The minimum absolute atomic E-state index is 0.0472. The molecule has 2 aliphatic rings. The number of nitrogens with zero attached hydrogens (tertiary/aromatic N) is 3. The highest BCUT2D eigenvalue weighted by Gasteiger charge is 2.54. The van der Waals surface area contributed by atoms with Crippen molar-refractivity contribution in [2.24, 2.45) is 11.8 Å². The molecule has 1 aliphatic heterocycles. The van der Waals surface area contributed by atoms with Gasteiger partial charge in [0.25, 0.3) is 5.91 Å². The average Bonchev–Trinajstić information content (AvgIpc) is 3.27. The van der Waals surface area contributed by atoms with Crippen LogP contribution in [0.5, 0.6) is 0 Å². The summed E-state index contributed by atoms with van der Waals surface area (Å²) in [6.45, 7) is 7.55. The van der Waals surface area contributed by atoms with Gasteiger partial charge in [-0.1, -0.05) is 25.4 Å². The van der Waals surface area contributed by atoms with E-state index < -0.39 is 0 Å². The second kappa shape index (κ2) is 6.00. The van der Waals surface area contributed by atoms with Gasteiger partial charge in [0.2, 0.25) is 5.89 Å². The van der Waals surface area contributed by atoms with Gasteiger partial charge in [0.1, 0.15) is 5.76 Å². The number of likely N-dealkylation sites (tertiary alicyclic amines) is 1. The van der Waals surface area contributed by atoms with E-state index in [9.17, 15) is 4.79 Å². The van der Waals surface area contributed by atoms with Crippen LogP contribution in [0.3, 0.4) is 0 Å². The van der Waals surface area contributed by atoms with E-state index in [2.05, 4.69) is 19.0 Å². The van der Waals surface area contributed by atoms with Crippen molar-refractivity contribution >= 4 is 5.91 Å². The lowest BCUT2D eigenvalue weighted by Crippen LogP contribution is -2.35. The third kappa shape index (κ3) is 2.68. The molecule has 0 N–H and O–H groups in total. The molecule has 134 valence electrons. The zero-order valence-corrected chi connectivity index (χ0v) is 15.1. The van der Waals surface area contributed by atoms with Crippen LogP contribution in [0, 0.1) is 18.8 Å². The molecule has 0 radical (unpaired) electrons. The predicted octanol–water partition coefficient (Wildman–Crippen LogP) is 3.36. The van der Waals surface area contributed by atoms with Gasteiger partial charge in [-0.15, -0.1) is 0 Å². The van der Waals surface area contributed by atoms with Crippen LogP contribution in [0.2, 0.25) is 0 Å². The molecule has 6 heteroatoms. The SMILES string of the molecule is Cc1occc1C(=O)N1C[C@H]2CCC[C@@]2(c2noc(CC(C)C)n2)C1. The molecule has 1 amide bonds. The molecule has 1 aliphatic carbocycles. The van der Waals surface area contributed by atoms with Crippen molar-refractivity contribution in [3.05, 3.63) is 35.4 Å². The predicted molar refractivity (Wildman–Crippen MR) is 91.2 cm³/mol. The normalized spacial score (nSPS) is 25.8. The number of rotatable bonds is 4. The molecule has 6 nitrogen and oxygen atoms in total. The molecule has 0 bridgehead atoms. The quantitative estimate of drug-likeness (QED) is 0.851. The zero-order valence-electron chi connectivity index (χ0n) is 15.1. The molecule has 0 spiro atoms. The molecule has 2 fully saturated rings. The summed E-state index contributed by atoms with van der Waals surface area (Å²) in [7, 11) is 0. The monoisotopic (exact) mass is 343 g/mol. The zero-order chi connectivity index (χ0) is 17.6. The molecule has 2 atom stereocenters. The molecule has 3 heterocycles. The topological polar surface area (TPSA) is 72.4 Å². The lowest BCUT2D eigenvalue weighted by atomic mass is 9.80. The molecular weight excluding hydrogens is 318 g/mol. The Morgan fingerprint density at radius 3 is 3.04 bits per heavy atom. The number of amides is 1. The first-order valence-corrected chi connectivity index (χ1v) is 9.16. The fourth-order valence-corrected chi connectivity index (χ4v) is 4.48. The molecule has 0 unspecified atom stereocenters. The van der Waals surface area contributed by atoms with Crippen molar-refractivity contribution in [2.75, 3.05) is 13.1 Å². The number of hydrogen-bond acceptors (Lipinski definition) is 5. The first kappa shape index (κ1) is 16.4. The second-order valence-electron chi connectivity index (χ2n) is 7.93. The van der Waals surface area contributed by atoms with E-state index in [4.69, 9.17) is 13.9 Å². The fourth-order valence-electron chi connectivity index (χ4n) is 4.48. The average molecular weight is 343 g/mol. The van der Waals surface area contributed by atoms with Gasteiger partial charge in [-0.3, -0.25) is 4.79 Å². The van der Waals surface area contributed by atoms with Crippen molar-refractivity contribution < 1.29 is 13.7 Å². The Balaban J connectivity index is 1.59. The van der Waals surface area contributed by atoms with Crippen molar-refractivity contribution in [2.45, 2.75) is 51.9 Å². The van der Waals surface area contributed by atoms with Gasteiger partial charge < -0.3 is 13.8 Å². The Labute approximate surface area is 147 Å². The first-order chi connectivity index (χ1) is 12.0. The van der Waals surface area contributed by atoms with Crippen LogP contribution >= 0.6 is 0 Å². The van der Waals surface area contributed by atoms with E-state index in [1.807, 2.05) is 11.8 Å². The highest BCUT2D eigenvalue weighted by molar-refractivity contribution is 5.95. The van der Waals surface area contributed by atoms with Crippen LogP contribution in [0.4, 0.5) is 0 Å². The number of fused-ring (bicyclic) bond motifs is 1. The molecule has 0 aromatic carbocycles. The van der Waals surface area contributed by atoms with Gasteiger partial charge in [-0.05, 0) is 37.7 Å². The van der Waals surface area contributed by atoms with Gasteiger partial charge >= 0.3 is 0 Å². The van der Waals surface area contributed by atoms with E-state index in [1.54, 1.807) is 12.3 Å². The van der Waals surface area contributed by atoms with Crippen molar-refractivity contribution in [1.82, 2.24) is 15.0 Å². The summed E-state index contributed by atoms with van der Waals surface area (Å²) < 4.78 is 10.8. The van der Waals surface area contributed by atoms with Crippen LogP contribution in [0.25, 0.3) is 0 Å². The summed E-state index contributed by atoms with van der Waals surface area (Å²) >= 11 is 0. The third-order valence-electron chi connectivity index (χ3n) is 5.74. The Morgan fingerprint density at radius 1 is 1.48 bits per heavy atom. The Morgan fingerprint density at radius 2 is 2.32 bits per heavy atom. The number of furan rings is 1. The van der Waals surface area contributed by atoms with Gasteiger partial charge in [-0.2, -0.15) is 4.98 Å². The van der Waals surface area contributed by atoms with Crippen LogP contribution in [-0.4, -0.2) is 34.0 Å². The Bertz CT molecular complexity index is 778. The van der Waals surface area contributed by atoms with Gasteiger partial charge in [0.05, 0.1) is 17.2 Å². The van der Waals surface area contributed by atoms with Crippen LogP contribution in [0.15, 0.2) is 21.3 Å².